The van der Waals surface area contributed by atoms with Crippen molar-refractivity contribution in [3.8, 4) is 5.75 Å². The van der Waals surface area contributed by atoms with Crippen molar-refractivity contribution in [2.24, 2.45) is 0 Å². The molecule has 5 heteroatoms. The molecule has 2 N–H and O–H groups in total. The van der Waals surface area contributed by atoms with E-state index in [4.69, 9.17) is 14.3 Å². The van der Waals surface area contributed by atoms with Crippen molar-refractivity contribution in [2.45, 2.75) is 6.42 Å². The molecule has 0 atom stereocenters. The third-order valence-corrected chi connectivity index (χ3v) is 2.45. The predicted molar refractivity (Wildman–Crippen MR) is 70.7 cm³/mol. The number of hydrogen-bond acceptors (Lipinski definition) is 4. The summed E-state index contributed by atoms with van der Waals surface area (Å²) in [5.74, 6) is 0.161. The molecule has 100 valence electrons. The van der Waals surface area contributed by atoms with Gasteiger partial charge in [0.25, 0.3) is 0 Å². The number of aromatic carboxylic acids is 1. The molecule has 0 aliphatic rings. The number of benzene rings is 1. The van der Waals surface area contributed by atoms with Gasteiger partial charge in [-0.15, -0.1) is 0 Å². The second-order valence-electron chi connectivity index (χ2n) is 3.91. The lowest BCUT2D eigenvalue weighted by Gasteiger charge is -2.06. The fourth-order valence-electron chi connectivity index (χ4n) is 1.54. The summed E-state index contributed by atoms with van der Waals surface area (Å²) in [6, 6.07) is 12.6. The van der Waals surface area contributed by atoms with E-state index in [1.165, 1.54) is 6.07 Å². The van der Waals surface area contributed by atoms with E-state index in [-0.39, 0.29) is 5.76 Å². The smallest absolute Gasteiger partial charge is 0.371 e. The van der Waals surface area contributed by atoms with Crippen LogP contribution in [0, 0.1) is 0 Å². The van der Waals surface area contributed by atoms with Crippen molar-refractivity contribution in [3.63, 3.8) is 0 Å². The van der Waals surface area contributed by atoms with Gasteiger partial charge in [-0.1, -0.05) is 18.2 Å². The predicted octanol–water partition coefficient (Wildman–Crippen LogP) is 2.86. The molecular weight excluding hydrogens is 246 g/mol. The van der Waals surface area contributed by atoms with Crippen molar-refractivity contribution in [3.05, 3.63) is 48.2 Å². The summed E-state index contributed by atoms with van der Waals surface area (Å²) in [5, 5.41) is 11.7. The van der Waals surface area contributed by atoms with E-state index in [9.17, 15) is 4.79 Å². The van der Waals surface area contributed by atoms with Crippen molar-refractivity contribution in [2.75, 3.05) is 18.5 Å². The first kappa shape index (κ1) is 13.0. The average Bonchev–Trinajstić information content (AvgIpc) is 2.89. The van der Waals surface area contributed by atoms with Gasteiger partial charge in [-0.3, -0.25) is 0 Å². The highest BCUT2D eigenvalue weighted by Crippen LogP contribution is 2.13. The summed E-state index contributed by atoms with van der Waals surface area (Å²) in [5.41, 5.74) is 0. The van der Waals surface area contributed by atoms with Crippen LogP contribution in [0.15, 0.2) is 46.9 Å². The van der Waals surface area contributed by atoms with Crippen LogP contribution in [0.5, 0.6) is 5.75 Å². The number of carboxylic acids is 1. The summed E-state index contributed by atoms with van der Waals surface area (Å²) < 4.78 is 10.6. The van der Waals surface area contributed by atoms with Gasteiger partial charge in [-0.2, -0.15) is 0 Å². The van der Waals surface area contributed by atoms with Gasteiger partial charge in [0.15, 0.2) is 5.88 Å². The minimum Gasteiger partial charge on any atom is -0.494 e. The zero-order chi connectivity index (χ0) is 13.5. The van der Waals surface area contributed by atoms with Gasteiger partial charge in [0.05, 0.1) is 6.61 Å². The van der Waals surface area contributed by atoms with E-state index in [0.29, 0.717) is 19.0 Å². The van der Waals surface area contributed by atoms with Gasteiger partial charge in [0.1, 0.15) is 5.75 Å². The van der Waals surface area contributed by atoms with Gasteiger partial charge in [-0.25, -0.2) is 4.79 Å². The normalized spacial score (nSPS) is 10.1. The summed E-state index contributed by atoms with van der Waals surface area (Å²) in [7, 11) is 0. The Hall–Kier alpha value is -2.43. The van der Waals surface area contributed by atoms with Crippen LogP contribution in [-0.4, -0.2) is 24.2 Å². The minimum absolute atomic E-state index is 0.0666. The number of rotatable bonds is 7. The van der Waals surface area contributed by atoms with Gasteiger partial charge >= 0.3 is 5.97 Å². The van der Waals surface area contributed by atoms with E-state index < -0.39 is 5.97 Å². The van der Waals surface area contributed by atoms with Crippen LogP contribution < -0.4 is 10.1 Å². The highest BCUT2D eigenvalue weighted by Gasteiger charge is 2.07. The van der Waals surface area contributed by atoms with Gasteiger partial charge in [0, 0.05) is 12.6 Å². The maximum atomic E-state index is 10.6. The lowest BCUT2D eigenvalue weighted by molar-refractivity contribution is 0.0663. The maximum Gasteiger partial charge on any atom is 0.371 e. The summed E-state index contributed by atoms with van der Waals surface area (Å²) in [6.45, 7) is 1.24. The monoisotopic (exact) mass is 261 g/mol. The number of anilines is 1. The molecule has 0 amide bonds. The van der Waals surface area contributed by atoms with Crippen LogP contribution in [0.2, 0.25) is 0 Å². The molecule has 0 aliphatic carbocycles. The molecule has 1 heterocycles. The SMILES string of the molecule is O=C(O)c1ccc(NCCCOc2ccccc2)o1. The summed E-state index contributed by atoms with van der Waals surface area (Å²) in [4.78, 5) is 10.6. The van der Waals surface area contributed by atoms with E-state index in [1.54, 1.807) is 6.07 Å². The molecule has 19 heavy (non-hydrogen) atoms. The zero-order valence-corrected chi connectivity index (χ0v) is 10.3. The van der Waals surface area contributed by atoms with Crippen LogP contribution in [0.3, 0.4) is 0 Å². The van der Waals surface area contributed by atoms with Crippen molar-refractivity contribution < 1.29 is 19.1 Å². The van der Waals surface area contributed by atoms with Crippen molar-refractivity contribution in [1.29, 1.82) is 0 Å². The molecule has 1 aromatic heterocycles. The first-order valence-electron chi connectivity index (χ1n) is 6.00. The number of furan rings is 1. The molecule has 0 spiro atoms. The number of carbonyl (C=O) groups is 1. The Morgan fingerprint density at radius 2 is 2.00 bits per heavy atom. The highest BCUT2D eigenvalue weighted by molar-refractivity contribution is 5.84. The Bertz CT molecular complexity index is 521. The molecule has 0 fully saturated rings. The molecule has 0 saturated carbocycles. The molecule has 2 rings (SSSR count). The van der Waals surface area contributed by atoms with Gasteiger partial charge in [-0.05, 0) is 24.6 Å². The van der Waals surface area contributed by atoms with Crippen LogP contribution in [0.25, 0.3) is 0 Å². The van der Waals surface area contributed by atoms with E-state index in [0.717, 1.165) is 12.2 Å². The third kappa shape index (κ3) is 4.06. The largest absolute Gasteiger partial charge is 0.494 e. The first-order chi connectivity index (χ1) is 9.25. The molecule has 0 aliphatic heterocycles. The third-order valence-electron chi connectivity index (χ3n) is 2.45. The second kappa shape index (κ2) is 6.49. The summed E-state index contributed by atoms with van der Waals surface area (Å²) >= 11 is 0. The Morgan fingerprint density at radius 3 is 2.68 bits per heavy atom. The van der Waals surface area contributed by atoms with Gasteiger partial charge < -0.3 is 19.6 Å². The fraction of sp³-hybridized carbons (Fsp3) is 0.214. The Balaban J connectivity index is 1.65. The number of para-hydroxylation sites is 1. The van der Waals surface area contributed by atoms with E-state index in [1.807, 2.05) is 30.3 Å². The number of carboxylic acid groups (broad SMARTS) is 1. The number of nitrogens with one attached hydrogen (secondary N) is 1. The van der Waals surface area contributed by atoms with E-state index in [2.05, 4.69) is 5.32 Å². The molecule has 0 unspecified atom stereocenters. The standard InChI is InChI=1S/C14H15NO4/c16-14(17)12-7-8-13(19-12)15-9-4-10-18-11-5-2-1-3-6-11/h1-3,5-8,15H,4,9-10H2,(H,16,17). The molecule has 0 radical (unpaired) electrons. The molecule has 0 bridgehead atoms. The van der Waals surface area contributed by atoms with Crippen LogP contribution >= 0.6 is 0 Å². The topological polar surface area (TPSA) is 71.7 Å². The lowest BCUT2D eigenvalue weighted by Crippen LogP contribution is -2.06. The van der Waals surface area contributed by atoms with Crippen LogP contribution in [-0.2, 0) is 0 Å². The quantitative estimate of drug-likeness (QED) is 0.750. The highest BCUT2D eigenvalue weighted by atomic mass is 16.5. The molecule has 5 nitrogen and oxygen atoms in total. The molecular formula is C14H15NO4. The van der Waals surface area contributed by atoms with E-state index >= 15 is 0 Å². The Labute approximate surface area is 110 Å². The minimum atomic E-state index is -1.07. The Morgan fingerprint density at radius 1 is 1.21 bits per heavy atom. The van der Waals surface area contributed by atoms with Crippen molar-refractivity contribution in [1.82, 2.24) is 0 Å². The van der Waals surface area contributed by atoms with Crippen LogP contribution in [0.4, 0.5) is 5.88 Å². The lowest BCUT2D eigenvalue weighted by atomic mass is 10.3. The second-order valence-corrected chi connectivity index (χ2v) is 3.91. The summed E-state index contributed by atoms with van der Waals surface area (Å²) in [6.07, 6.45) is 0.790. The molecule has 2 aromatic rings. The van der Waals surface area contributed by atoms with Crippen molar-refractivity contribution >= 4 is 11.9 Å². The fourth-order valence-corrected chi connectivity index (χ4v) is 1.54. The van der Waals surface area contributed by atoms with Crippen LogP contribution in [0.1, 0.15) is 17.0 Å². The molecule has 0 saturated heterocycles. The Kier molecular flexibility index (Phi) is 4.44. The number of ether oxygens (including phenoxy) is 1. The zero-order valence-electron chi connectivity index (χ0n) is 10.3. The maximum absolute atomic E-state index is 10.6. The molecule has 1 aromatic carbocycles. The van der Waals surface area contributed by atoms with Gasteiger partial charge in [0.2, 0.25) is 5.76 Å². The number of hydrogen-bond donors (Lipinski definition) is 2. The first-order valence-corrected chi connectivity index (χ1v) is 6.00. The average molecular weight is 261 g/mol.